The van der Waals surface area contributed by atoms with Crippen LogP contribution in [-0.2, 0) is 11.3 Å². The van der Waals surface area contributed by atoms with Crippen LogP contribution in [0.25, 0.3) is 0 Å². The van der Waals surface area contributed by atoms with Gasteiger partial charge < -0.3 is 20.3 Å². The summed E-state index contributed by atoms with van der Waals surface area (Å²) in [7, 11) is 7.88. The van der Waals surface area contributed by atoms with Crippen LogP contribution in [0.4, 0.5) is 0 Å². The molecule has 154 valence electrons. The zero-order chi connectivity index (χ0) is 19.9. The summed E-state index contributed by atoms with van der Waals surface area (Å²) in [5.41, 5.74) is 1.35. The van der Waals surface area contributed by atoms with Crippen molar-refractivity contribution in [2.75, 3.05) is 61.0 Å². The number of aliphatic imine (C=N–C) groups is 1. The lowest BCUT2D eigenvalue weighted by Gasteiger charge is -2.25. The smallest absolute Gasteiger partial charge is 0.190 e. The molecule has 6 heteroatoms. The van der Waals surface area contributed by atoms with Crippen LogP contribution in [0, 0.1) is 0 Å². The maximum absolute atomic E-state index is 5.10. The number of likely N-dealkylation sites (N-methyl/N-ethyl adjacent to an activating group) is 1. The topological polar surface area (TPSA) is 52.1 Å². The van der Waals surface area contributed by atoms with Crippen LogP contribution in [0.3, 0.4) is 0 Å². The van der Waals surface area contributed by atoms with Crippen LogP contribution < -0.4 is 10.6 Å². The highest BCUT2D eigenvalue weighted by molar-refractivity contribution is 5.79. The minimum absolute atomic E-state index is 0.505. The van der Waals surface area contributed by atoms with Gasteiger partial charge in [0.05, 0.1) is 6.61 Å². The molecule has 0 saturated heterocycles. The molecule has 0 aliphatic carbocycles. The van der Waals surface area contributed by atoms with Crippen LogP contribution in [-0.4, -0.2) is 82.8 Å². The Morgan fingerprint density at radius 1 is 1.11 bits per heavy atom. The molecule has 0 aromatic heterocycles. The largest absolute Gasteiger partial charge is 0.383 e. The number of nitrogens with one attached hydrogen (secondary N) is 2. The van der Waals surface area contributed by atoms with Crippen molar-refractivity contribution in [1.82, 2.24) is 20.4 Å². The van der Waals surface area contributed by atoms with Gasteiger partial charge in [0.2, 0.25) is 0 Å². The number of hydrogen-bond acceptors (Lipinski definition) is 4. The molecule has 0 bridgehead atoms. The molecule has 0 spiro atoms. The summed E-state index contributed by atoms with van der Waals surface area (Å²) in [5, 5.41) is 6.81. The SMILES string of the molecule is CN=C(NCCCN(C)CCOC)NCCC(C)N(C)Cc1ccccc1. The monoisotopic (exact) mass is 377 g/mol. The van der Waals surface area contributed by atoms with E-state index in [1.165, 1.54) is 5.56 Å². The number of hydrogen-bond donors (Lipinski definition) is 2. The Balaban J connectivity index is 2.17. The number of rotatable bonds is 13. The Kier molecular flexibility index (Phi) is 12.5. The fourth-order valence-electron chi connectivity index (χ4n) is 2.78. The van der Waals surface area contributed by atoms with Gasteiger partial charge in [-0.3, -0.25) is 9.89 Å². The van der Waals surface area contributed by atoms with Gasteiger partial charge in [0.25, 0.3) is 0 Å². The van der Waals surface area contributed by atoms with Crippen molar-refractivity contribution < 1.29 is 4.74 Å². The fraction of sp³-hybridized carbons (Fsp3) is 0.667. The van der Waals surface area contributed by atoms with Crippen LogP contribution in [0.15, 0.2) is 35.3 Å². The highest BCUT2D eigenvalue weighted by atomic mass is 16.5. The molecule has 1 aromatic carbocycles. The molecule has 1 aromatic rings. The average molecular weight is 378 g/mol. The van der Waals surface area contributed by atoms with Crippen LogP contribution >= 0.6 is 0 Å². The number of nitrogens with zero attached hydrogens (tertiary/aromatic N) is 3. The molecule has 0 aliphatic rings. The van der Waals surface area contributed by atoms with E-state index in [1.807, 2.05) is 7.05 Å². The van der Waals surface area contributed by atoms with E-state index in [0.29, 0.717) is 6.04 Å². The zero-order valence-electron chi connectivity index (χ0n) is 17.9. The quantitative estimate of drug-likeness (QED) is 0.313. The molecular formula is C21H39N5O. The van der Waals surface area contributed by atoms with E-state index in [-0.39, 0.29) is 0 Å². The minimum Gasteiger partial charge on any atom is -0.383 e. The fourth-order valence-corrected chi connectivity index (χ4v) is 2.78. The van der Waals surface area contributed by atoms with Crippen molar-refractivity contribution in [3.8, 4) is 0 Å². The summed E-state index contributed by atoms with van der Waals surface area (Å²) < 4.78 is 5.10. The van der Waals surface area contributed by atoms with E-state index in [4.69, 9.17) is 4.74 Å². The van der Waals surface area contributed by atoms with Crippen LogP contribution in [0.5, 0.6) is 0 Å². The molecule has 1 atom stereocenters. The zero-order valence-corrected chi connectivity index (χ0v) is 17.9. The van der Waals surface area contributed by atoms with Gasteiger partial charge in [-0.05, 0) is 46.0 Å². The molecule has 6 nitrogen and oxygen atoms in total. The minimum atomic E-state index is 0.505. The maximum atomic E-state index is 5.10. The van der Waals surface area contributed by atoms with Gasteiger partial charge in [0.15, 0.2) is 5.96 Å². The summed E-state index contributed by atoms with van der Waals surface area (Å²) >= 11 is 0. The highest BCUT2D eigenvalue weighted by Crippen LogP contribution is 2.07. The Hall–Kier alpha value is -1.63. The number of benzene rings is 1. The third kappa shape index (κ3) is 11.0. The van der Waals surface area contributed by atoms with E-state index >= 15 is 0 Å². The molecule has 0 saturated carbocycles. The van der Waals surface area contributed by atoms with Crippen molar-refractivity contribution in [2.45, 2.75) is 32.4 Å². The second-order valence-corrected chi connectivity index (χ2v) is 7.11. The molecule has 0 aliphatic heterocycles. The second-order valence-electron chi connectivity index (χ2n) is 7.11. The molecule has 1 unspecified atom stereocenters. The van der Waals surface area contributed by atoms with Crippen molar-refractivity contribution in [1.29, 1.82) is 0 Å². The molecule has 0 fully saturated rings. The second kappa shape index (κ2) is 14.4. The molecule has 1 rings (SSSR count). The molecule has 0 amide bonds. The predicted octanol–water partition coefficient (Wildman–Crippen LogP) is 2.03. The maximum Gasteiger partial charge on any atom is 0.190 e. The van der Waals surface area contributed by atoms with E-state index in [1.54, 1.807) is 7.11 Å². The Morgan fingerprint density at radius 3 is 2.48 bits per heavy atom. The van der Waals surface area contributed by atoms with Gasteiger partial charge in [-0.2, -0.15) is 0 Å². The Bertz CT molecular complexity index is 509. The van der Waals surface area contributed by atoms with E-state index in [2.05, 4.69) is 76.8 Å². The lowest BCUT2D eigenvalue weighted by atomic mass is 10.1. The summed E-state index contributed by atoms with van der Waals surface area (Å²) in [5.74, 6) is 0.882. The van der Waals surface area contributed by atoms with E-state index < -0.39 is 0 Å². The molecule has 2 N–H and O–H groups in total. The number of guanidine groups is 1. The molecule has 27 heavy (non-hydrogen) atoms. The first-order chi connectivity index (χ1) is 13.1. The van der Waals surface area contributed by atoms with E-state index in [0.717, 1.165) is 58.1 Å². The molecular weight excluding hydrogens is 338 g/mol. The average Bonchev–Trinajstić information content (AvgIpc) is 2.68. The summed E-state index contributed by atoms with van der Waals surface area (Å²) in [4.78, 5) is 8.99. The van der Waals surface area contributed by atoms with Gasteiger partial charge in [-0.15, -0.1) is 0 Å². The summed E-state index contributed by atoms with van der Waals surface area (Å²) in [6.45, 7) is 7.88. The molecule has 0 radical (unpaired) electrons. The standard InChI is InChI=1S/C21H39N5O/c1-19(26(4)18-20-10-7-6-8-11-20)12-14-24-21(22-2)23-13-9-15-25(3)16-17-27-5/h6-8,10-11,19H,9,12-18H2,1-5H3,(H2,22,23,24). The normalized spacial score (nSPS) is 13.2. The summed E-state index contributed by atoms with van der Waals surface area (Å²) in [6, 6.07) is 11.1. The first-order valence-electron chi connectivity index (χ1n) is 9.93. The van der Waals surface area contributed by atoms with E-state index in [9.17, 15) is 0 Å². The van der Waals surface area contributed by atoms with Crippen molar-refractivity contribution in [3.63, 3.8) is 0 Å². The summed E-state index contributed by atoms with van der Waals surface area (Å²) in [6.07, 6.45) is 2.15. The van der Waals surface area contributed by atoms with Gasteiger partial charge in [-0.1, -0.05) is 30.3 Å². The third-order valence-electron chi connectivity index (χ3n) is 4.79. The van der Waals surface area contributed by atoms with Gasteiger partial charge >= 0.3 is 0 Å². The number of methoxy groups -OCH3 is 1. The van der Waals surface area contributed by atoms with Crippen molar-refractivity contribution >= 4 is 5.96 Å². The third-order valence-corrected chi connectivity index (χ3v) is 4.79. The van der Waals surface area contributed by atoms with Gasteiger partial charge in [-0.25, -0.2) is 0 Å². The lowest BCUT2D eigenvalue weighted by Crippen LogP contribution is -2.41. The van der Waals surface area contributed by atoms with Crippen LogP contribution in [0.2, 0.25) is 0 Å². The first-order valence-corrected chi connectivity index (χ1v) is 9.93. The first kappa shape index (κ1) is 23.4. The highest BCUT2D eigenvalue weighted by Gasteiger charge is 2.09. The van der Waals surface area contributed by atoms with Gasteiger partial charge in [0.1, 0.15) is 0 Å². The number of ether oxygens (including phenoxy) is 1. The Morgan fingerprint density at radius 2 is 1.81 bits per heavy atom. The van der Waals surface area contributed by atoms with Crippen LogP contribution in [0.1, 0.15) is 25.3 Å². The van der Waals surface area contributed by atoms with Crippen molar-refractivity contribution in [2.24, 2.45) is 4.99 Å². The molecule has 0 heterocycles. The predicted molar refractivity (Wildman–Crippen MR) is 115 cm³/mol. The Labute approximate surface area is 166 Å². The van der Waals surface area contributed by atoms with Crippen molar-refractivity contribution in [3.05, 3.63) is 35.9 Å². The van der Waals surface area contributed by atoms with Gasteiger partial charge in [0, 0.05) is 46.4 Å². The lowest BCUT2D eigenvalue weighted by molar-refractivity contribution is 0.161.